The van der Waals surface area contributed by atoms with E-state index in [-0.39, 0.29) is 0 Å². The summed E-state index contributed by atoms with van der Waals surface area (Å²) in [6.45, 7) is 2.12. The van der Waals surface area contributed by atoms with Crippen LogP contribution in [-0.4, -0.2) is 0 Å². The van der Waals surface area contributed by atoms with E-state index in [9.17, 15) is 0 Å². The Kier molecular flexibility index (Phi) is 7.83. The SMILES string of the molecule is Cc1ccc(-c2ccc(N(c3ccccc3)c3ccc(C(c4ccccc4)(c4ccccc4)c4ccccc4)cc3)cc2)cc1. The Bertz CT molecular complexity index is 1850. The molecule has 0 aliphatic heterocycles. The maximum absolute atomic E-state index is 2.33. The summed E-state index contributed by atoms with van der Waals surface area (Å²) >= 11 is 0. The summed E-state index contributed by atoms with van der Waals surface area (Å²) in [4.78, 5) is 2.33. The first-order chi connectivity index (χ1) is 22.2. The molecular formula is C44H35N. The summed E-state index contributed by atoms with van der Waals surface area (Å²) in [5.74, 6) is 0. The minimum absolute atomic E-state index is 0.477. The van der Waals surface area contributed by atoms with Gasteiger partial charge in [0.2, 0.25) is 0 Å². The summed E-state index contributed by atoms with van der Waals surface area (Å²) in [5.41, 5.74) is 11.5. The van der Waals surface area contributed by atoms with Crippen molar-refractivity contribution in [3.05, 3.63) is 222 Å². The topological polar surface area (TPSA) is 3.24 Å². The Morgan fingerprint density at radius 2 is 0.622 bits per heavy atom. The first-order valence-electron chi connectivity index (χ1n) is 15.5. The molecule has 0 saturated heterocycles. The summed E-state index contributed by atoms with van der Waals surface area (Å²) in [7, 11) is 0. The van der Waals surface area contributed by atoms with E-state index in [2.05, 4.69) is 206 Å². The van der Waals surface area contributed by atoms with Crippen LogP contribution in [0.2, 0.25) is 0 Å². The van der Waals surface area contributed by atoms with Crippen molar-refractivity contribution in [2.45, 2.75) is 12.3 Å². The lowest BCUT2D eigenvalue weighted by Gasteiger charge is -2.37. The lowest BCUT2D eigenvalue weighted by molar-refractivity contribution is 0.745. The average molecular weight is 578 g/mol. The van der Waals surface area contributed by atoms with E-state index in [1.807, 2.05) is 0 Å². The molecule has 45 heavy (non-hydrogen) atoms. The molecule has 1 heteroatoms. The Morgan fingerprint density at radius 1 is 0.311 bits per heavy atom. The minimum Gasteiger partial charge on any atom is -0.311 e. The number of para-hydroxylation sites is 1. The van der Waals surface area contributed by atoms with Crippen molar-refractivity contribution in [1.82, 2.24) is 0 Å². The zero-order valence-corrected chi connectivity index (χ0v) is 25.4. The molecule has 0 atom stereocenters. The number of nitrogens with zero attached hydrogens (tertiary/aromatic N) is 1. The van der Waals surface area contributed by atoms with Gasteiger partial charge in [-0.25, -0.2) is 0 Å². The minimum atomic E-state index is -0.477. The second kappa shape index (κ2) is 12.5. The highest BCUT2D eigenvalue weighted by atomic mass is 15.1. The summed E-state index contributed by atoms with van der Waals surface area (Å²) < 4.78 is 0. The van der Waals surface area contributed by atoms with Crippen molar-refractivity contribution in [2.75, 3.05) is 4.90 Å². The largest absolute Gasteiger partial charge is 0.311 e. The van der Waals surface area contributed by atoms with E-state index in [0.29, 0.717) is 0 Å². The Hall–Kier alpha value is -5.66. The van der Waals surface area contributed by atoms with Gasteiger partial charge in [-0.05, 0) is 76.7 Å². The summed E-state index contributed by atoms with van der Waals surface area (Å²) in [6, 6.07) is 70.0. The zero-order chi connectivity index (χ0) is 30.5. The molecule has 7 rings (SSSR count). The van der Waals surface area contributed by atoms with E-state index in [1.165, 1.54) is 38.9 Å². The second-order valence-electron chi connectivity index (χ2n) is 11.5. The molecule has 7 aromatic carbocycles. The first kappa shape index (κ1) is 28.1. The summed E-state index contributed by atoms with van der Waals surface area (Å²) in [5, 5.41) is 0. The van der Waals surface area contributed by atoms with Gasteiger partial charge in [-0.15, -0.1) is 0 Å². The molecule has 216 valence electrons. The fraction of sp³-hybridized carbons (Fsp3) is 0.0455. The molecule has 0 aromatic heterocycles. The van der Waals surface area contributed by atoms with E-state index in [0.717, 1.165) is 17.1 Å². The predicted octanol–water partition coefficient (Wildman–Crippen LogP) is 11.5. The van der Waals surface area contributed by atoms with Crippen LogP contribution in [0.3, 0.4) is 0 Å². The number of aryl methyl sites for hydroxylation is 1. The number of rotatable bonds is 8. The van der Waals surface area contributed by atoms with Gasteiger partial charge in [-0.1, -0.05) is 163 Å². The third-order valence-corrected chi connectivity index (χ3v) is 8.70. The van der Waals surface area contributed by atoms with Crippen LogP contribution in [-0.2, 0) is 5.41 Å². The van der Waals surface area contributed by atoms with Gasteiger partial charge in [-0.2, -0.15) is 0 Å². The third-order valence-electron chi connectivity index (χ3n) is 8.70. The molecule has 0 aliphatic carbocycles. The predicted molar refractivity (Wildman–Crippen MR) is 190 cm³/mol. The Morgan fingerprint density at radius 3 is 1.04 bits per heavy atom. The Labute approximate surface area is 266 Å². The van der Waals surface area contributed by atoms with E-state index >= 15 is 0 Å². The molecule has 0 radical (unpaired) electrons. The van der Waals surface area contributed by atoms with Gasteiger partial charge >= 0.3 is 0 Å². The van der Waals surface area contributed by atoms with Gasteiger partial charge < -0.3 is 4.90 Å². The average Bonchev–Trinajstić information content (AvgIpc) is 3.12. The van der Waals surface area contributed by atoms with Gasteiger partial charge in [0, 0.05) is 17.1 Å². The lowest BCUT2D eigenvalue weighted by atomic mass is 9.65. The van der Waals surface area contributed by atoms with Gasteiger partial charge in [-0.3, -0.25) is 0 Å². The molecule has 0 spiro atoms. The van der Waals surface area contributed by atoms with Crippen molar-refractivity contribution < 1.29 is 0 Å². The molecule has 1 nitrogen and oxygen atoms in total. The van der Waals surface area contributed by atoms with Crippen molar-refractivity contribution in [3.63, 3.8) is 0 Å². The van der Waals surface area contributed by atoms with Crippen LogP contribution in [0.1, 0.15) is 27.8 Å². The van der Waals surface area contributed by atoms with Crippen LogP contribution in [0.25, 0.3) is 11.1 Å². The number of hydrogen-bond donors (Lipinski definition) is 0. The summed E-state index contributed by atoms with van der Waals surface area (Å²) in [6.07, 6.45) is 0. The molecule has 0 aliphatic rings. The molecule has 0 N–H and O–H groups in total. The highest BCUT2D eigenvalue weighted by molar-refractivity contribution is 5.79. The Balaban J connectivity index is 1.36. The van der Waals surface area contributed by atoms with E-state index in [4.69, 9.17) is 0 Å². The monoisotopic (exact) mass is 577 g/mol. The molecular weight excluding hydrogens is 542 g/mol. The number of hydrogen-bond acceptors (Lipinski definition) is 1. The van der Waals surface area contributed by atoms with Crippen LogP contribution >= 0.6 is 0 Å². The van der Waals surface area contributed by atoms with E-state index in [1.54, 1.807) is 0 Å². The molecule has 0 saturated carbocycles. The number of benzene rings is 7. The third kappa shape index (κ3) is 5.46. The maximum Gasteiger partial charge on any atom is 0.0701 e. The fourth-order valence-electron chi connectivity index (χ4n) is 6.50. The normalized spacial score (nSPS) is 11.2. The van der Waals surface area contributed by atoms with Crippen LogP contribution < -0.4 is 4.90 Å². The van der Waals surface area contributed by atoms with Crippen molar-refractivity contribution >= 4 is 17.1 Å². The highest BCUT2D eigenvalue weighted by Gasteiger charge is 2.38. The highest BCUT2D eigenvalue weighted by Crippen LogP contribution is 2.46. The second-order valence-corrected chi connectivity index (χ2v) is 11.5. The smallest absolute Gasteiger partial charge is 0.0701 e. The molecule has 7 aromatic rings. The molecule has 0 unspecified atom stereocenters. The maximum atomic E-state index is 2.33. The van der Waals surface area contributed by atoms with Crippen LogP contribution in [0.15, 0.2) is 194 Å². The zero-order valence-electron chi connectivity index (χ0n) is 25.4. The molecule has 0 amide bonds. The van der Waals surface area contributed by atoms with Crippen LogP contribution in [0.4, 0.5) is 17.1 Å². The first-order valence-corrected chi connectivity index (χ1v) is 15.5. The van der Waals surface area contributed by atoms with Gasteiger partial charge in [0.25, 0.3) is 0 Å². The standard InChI is InChI=1S/C44H35N/c1-34-22-24-35(25-23-34)36-26-30-42(31-27-36)45(41-20-12-5-13-21-41)43-32-28-40(29-33-43)44(37-14-6-2-7-15-37,38-16-8-3-9-17-38)39-18-10-4-11-19-39/h2-33H,1H3. The molecule has 0 fully saturated rings. The van der Waals surface area contributed by atoms with Gasteiger partial charge in [0.1, 0.15) is 0 Å². The van der Waals surface area contributed by atoms with Crippen molar-refractivity contribution in [1.29, 1.82) is 0 Å². The number of anilines is 3. The quantitative estimate of drug-likeness (QED) is 0.162. The van der Waals surface area contributed by atoms with Crippen molar-refractivity contribution in [3.8, 4) is 11.1 Å². The van der Waals surface area contributed by atoms with Crippen molar-refractivity contribution in [2.24, 2.45) is 0 Å². The molecule has 0 heterocycles. The lowest BCUT2D eigenvalue weighted by Crippen LogP contribution is -2.31. The molecule has 0 bridgehead atoms. The van der Waals surface area contributed by atoms with Gasteiger partial charge in [0.15, 0.2) is 0 Å². The van der Waals surface area contributed by atoms with Crippen LogP contribution in [0.5, 0.6) is 0 Å². The fourth-order valence-corrected chi connectivity index (χ4v) is 6.50. The van der Waals surface area contributed by atoms with Gasteiger partial charge in [0.05, 0.1) is 5.41 Å². The van der Waals surface area contributed by atoms with Crippen LogP contribution in [0, 0.1) is 6.92 Å². The van der Waals surface area contributed by atoms with E-state index < -0.39 is 5.41 Å².